The predicted octanol–water partition coefficient (Wildman–Crippen LogP) is 2.32. The molecule has 0 saturated heterocycles. The van der Waals surface area contributed by atoms with Gasteiger partial charge in [-0.1, -0.05) is 6.07 Å². The molecule has 0 radical (unpaired) electrons. The molecule has 0 aromatic carbocycles. The van der Waals surface area contributed by atoms with Gasteiger partial charge in [-0.15, -0.1) is 22.7 Å². The van der Waals surface area contributed by atoms with Crippen molar-refractivity contribution >= 4 is 39.6 Å². The zero-order valence-corrected chi connectivity index (χ0v) is 13.8. The van der Waals surface area contributed by atoms with Crippen molar-refractivity contribution < 1.29 is 14.3 Å². The molecule has 0 saturated carbocycles. The van der Waals surface area contributed by atoms with E-state index in [9.17, 15) is 9.59 Å². The van der Waals surface area contributed by atoms with E-state index in [1.807, 2.05) is 11.4 Å². The lowest BCUT2D eigenvalue weighted by Gasteiger charge is -2.21. The molecule has 2 amide bonds. The van der Waals surface area contributed by atoms with Gasteiger partial charge in [0.1, 0.15) is 6.54 Å². The number of methoxy groups -OCH3 is 1. The summed E-state index contributed by atoms with van der Waals surface area (Å²) in [6, 6.07) is 3.58. The van der Waals surface area contributed by atoms with Crippen LogP contribution in [0.15, 0.2) is 29.1 Å². The van der Waals surface area contributed by atoms with Crippen LogP contribution in [0.3, 0.4) is 0 Å². The number of anilines is 1. The van der Waals surface area contributed by atoms with Crippen LogP contribution in [0.4, 0.5) is 5.13 Å². The van der Waals surface area contributed by atoms with Crippen molar-refractivity contribution in [3.8, 4) is 0 Å². The minimum Gasteiger partial charge on any atom is -0.385 e. The number of rotatable bonds is 8. The average molecular weight is 339 g/mol. The lowest BCUT2D eigenvalue weighted by Crippen LogP contribution is -2.38. The van der Waals surface area contributed by atoms with Crippen LogP contribution in [0.25, 0.3) is 0 Å². The molecule has 8 heteroatoms. The number of carbonyl (C=O) groups is 2. The van der Waals surface area contributed by atoms with Gasteiger partial charge in [-0.25, -0.2) is 4.98 Å². The van der Waals surface area contributed by atoms with E-state index in [-0.39, 0.29) is 18.4 Å². The number of thiazole rings is 1. The van der Waals surface area contributed by atoms with Gasteiger partial charge in [0.25, 0.3) is 5.91 Å². The van der Waals surface area contributed by atoms with Crippen LogP contribution in [-0.2, 0) is 9.53 Å². The van der Waals surface area contributed by atoms with E-state index >= 15 is 0 Å². The fraction of sp³-hybridized carbons (Fsp3) is 0.357. The van der Waals surface area contributed by atoms with Gasteiger partial charge in [0.05, 0.1) is 4.88 Å². The fourth-order valence-electron chi connectivity index (χ4n) is 1.83. The molecule has 1 N–H and O–H groups in total. The number of carbonyl (C=O) groups excluding carboxylic acids is 2. The molecule has 2 aromatic heterocycles. The maximum atomic E-state index is 12.4. The Bertz CT molecular complexity index is 585. The van der Waals surface area contributed by atoms with Crippen LogP contribution in [0.5, 0.6) is 0 Å². The number of hydrogen-bond acceptors (Lipinski definition) is 6. The number of nitrogens with zero attached hydrogens (tertiary/aromatic N) is 2. The summed E-state index contributed by atoms with van der Waals surface area (Å²) in [6.07, 6.45) is 2.30. The molecule has 0 aliphatic heterocycles. The lowest BCUT2D eigenvalue weighted by molar-refractivity contribution is -0.116. The highest BCUT2D eigenvalue weighted by molar-refractivity contribution is 7.13. The second kappa shape index (κ2) is 8.62. The van der Waals surface area contributed by atoms with Gasteiger partial charge in [0, 0.05) is 31.8 Å². The van der Waals surface area contributed by atoms with Crippen molar-refractivity contribution in [2.24, 2.45) is 0 Å². The smallest absolute Gasteiger partial charge is 0.264 e. The first kappa shape index (κ1) is 16.6. The molecule has 22 heavy (non-hydrogen) atoms. The van der Waals surface area contributed by atoms with Crippen LogP contribution in [0, 0.1) is 0 Å². The molecule has 2 aromatic rings. The van der Waals surface area contributed by atoms with Crippen molar-refractivity contribution in [3.63, 3.8) is 0 Å². The van der Waals surface area contributed by atoms with E-state index in [0.717, 1.165) is 0 Å². The Hall–Kier alpha value is -1.77. The molecule has 0 aliphatic rings. The normalized spacial score (nSPS) is 10.4. The summed E-state index contributed by atoms with van der Waals surface area (Å²) in [6.45, 7) is 1.01. The second-order valence-electron chi connectivity index (χ2n) is 4.44. The molecule has 0 fully saturated rings. The summed E-state index contributed by atoms with van der Waals surface area (Å²) >= 11 is 2.71. The minimum atomic E-state index is -0.253. The molecule has 6 nitrogen and oxygen atoms in total. The summed E-state index contributed by atoms with van der Waals surface area (Å²) in [5, 5.41) is 6.85. The van der Waals surface area contributed by atoms with Crippen LogP contribution in [0.1, 0.15) is 16.1 Å². The third kappa shape index (κ3) is 4.90. The maximum absolute atomic E-state index is 12.4. The second-order valence-corrected chi connectivity index (χ2v) is 6.28. The Morgan fingerprint density at radius 1 is 1.36 bits per heavy atom. The lowest BCUT2D eigenvalue weighted by atomic mass is 10.3. The standard InChI is InChI=1S/C14H17N3O3S2/c1-20-7-3-6-17(13(19)11-4-2-8-21-11)10-12(18)16-14-15-5-9-22-14/h2,4-5,8-9H,3,6-7,10H2,1H3,(H,15,16,18). The molecule has 0 bridgehead atoms. The summed E-state index contributed by atoms with van der Waals surface area (Å²) in [5.74, 6) is -0.391. The molecule has 2 heterocycles. The quantitative estimate of drug-likeness (QED) is 0.749. The first-order chi connectivity index (χ1) is 10.7. The summed E-state index contributed by atoms with van der Waals surface area (Å²) < 4.78 is 5.01. The number of nitrogens with one attached hydrogen (secondary N) is 1. The predicted molar refractivity (Wildman–Crippen MR) is 87.5 cm³/mol. The van der Waals surface area contributed by atoms with Gasteiger partial charge < -0.3 is 15.0 Å². The summed E-state index contributed by atoms with van der Waals surface area (Å²) in [5.41, 5.74) is 0. The van der Waals surface area contributed by atoms with E-state index in [1.54, 1.807) is 24.8 Å². The fourth-order valence-corrected chi connectivity index (χ4v) is 3.06. The van der Waals surface area contributed by atoms with E-state index in [1.165, 1.54) is 27.6 Å². The Morgan fingerprint density at radius 2 is 2.23 bits per heavy atom. The van der Waals surface area contributed by atoms with E-state index in [2.05, 4.69) is 10.3 Å². The molecular formula is C14H17N3O3S2. The highest BCUT2D eigenvalue weighted by atomic mass is 32.1. The Morgan fingerprint density at radius 3 is 2.86 bits per heavy atom. The van der Waals surface area contributed by atoms with Crippen LogP contribution >= 0.6 is 22.7 Å². The number of amides is 2. The van der Waals surface area contributed by atoms with Crippen molar-refractivity contribution in [1.29, 1.82) is 0 Å². The number of hydrogen-bond donors (Lipinski definition) is 1. The Balaban J connectivity index is 1.97. The van der Waals surface area contributed by atoms with Crippen molar-refractivity contribution in [2.45, 2.75) is 6.42 Å². The monoisotopic (exact) mass is 339 g/mol. The maximum Gasteiger partial charge on any atom is 0.264 e. The Labute approximate surface area is 136 Å². The Kier molecular flexibility index (Phi) is 6.50. The van der Waals surface area contributed by atoms with E-state index < -0.39 is 0 Å². The topological polar surface area (TPSA) is 71.5 Å². The van der Waals surface area contributed by atoms with Gasteiger partial charge in [0.2, 0.25) is 5.91 Å². The molecule has 0 aliphatic carbocycles. The largest absolute Gasteiger partial charge is 0.385 e. The first-order valence-corrected chi connectivity index (χ1v) is 8.47. The third-order valence-corrected chi connectivity index (χ3v) is 4.36. The number of thiophene rings is 1. The highest BCUT2D eigenvalue weighted by Crippen LogP contribution is 2.14. The molecule has 2 rings (SSSR count). The average Bonchev–Trinajstić information content (AvgIpc) is 3.18. The molecule has 0 spiro atoms. The SMILES string of the molecule is COCCCN(CC(=O)Nc1nccs1)C(=O)c1cccs1. The number of ether oxygens (including phenoxy) is 1. The summed E-state index contributed by atoms with van der Waals surface area (Å²) in [4.78, 5) is 30.7. The van der Waals surface area contributed by atoms with E-state index in [0.29, 0.717) is 29.6 Å². The molecular weight excluding hydrogens is 322 g/mol. The van der Waals surface area contributed by atoms with Crippen molar-refractivity contribution in [1.82, 2.24) is 9.88 Å². The summed E-state index contributed by atoms with van der Waals surface area (Å²) in [7, 11) is 1.61. The van der Waals surface area contributed by atoms with Gasteiger partial charge in [-0.2, -0.15) is 0 Å². The van der Waals surface area contributed by atoms with Gasteiger partial charge in [-0.05, 0) is 17.9 Å². The van der Waals surface area contributed by atoms with Crippen molar-refractivity contribution in [2.75, 3.05) is 32.1 Å². The van der Waals surface area contributed by atoms with Gasteiger partial charge in [-0.3, -0.25) is 9.59 Å². The zero-order chi connectivity index (χ0) is 15.8. The highest BCUT2D eigenvalue weighted by Gasteiger charge is 2.19. The first-order valence-electron chi connectivity index (χ1n) is 6.71. The van der Waals surface area contributed by atoms with E-state index in [4.69, 9.17) is 4.74 Å². The molecule has 118 valence electrons. The van der Waals surface area contributed by atoms with Crippen LogP contribution < -0.4 is 5.32 Å². The van der Waals surface area contributed by atoms with Crippen molar-refractivity contribution in [3.05, 3.63) is 34.0 Å². The van der Waals surface area contributed by atoms with Gasteiger partial charge in [0.15, 0.2) is 5.13 Å². The van der Waals surface area contributed by atoms with Gasteiger partial charge >= 0.3 is 0 Å². The van der Waals surface area contributed by atoms with Crippen LogP contribution in [-0.4, -0.2) is 48.5 Å². The third-order valence-electron chi connectivity index (χ3n) is 2.81. The van der Waals surface area contributed by atoms with Crippen LogP contribution in [0.2, 0.25) is 0 Å². The minimum absolute atomic E-state index is 0.0000274. The molecule has 0 atom stereocenters. The number of aromatic nitrogens is 1. The molecule has 0 unspecified atom stereocenters. The zero-order valence-electron chi connectivity index (χ0n) is 12.2.